The van der Waals surface area contributed by atoms with E-state index in [1.165, 1.54) is 108 Å². The molecule has 2 aliphatic heterocycles. The monoisotopic (exact) mass is 1030 g/mol. The Balaban J connectivity index is 0.931. The summed E-state index contributed by atoms with van der Waals surface area (Å²) in [4.78, 5) is 7.78. The number of hydrogen-bond donors (Lipinski definition) is 0. The maximum atomic E-state index is 2.57. The van der Waals surface area contributed by atoms with Crippen molar-refractivity contribution < 1.29 is 0 Å². The standard InChI is InChI=1S/C74H46N2S2/c1-2-21-49(22-3-1)76-65-34-13-6-25-53(65)54-42-40-48(45-67(54)76)47-20-18-23-50(44-47)75(51-41-43-59-56(46-51)52-24-4-7-27-57(52)73(59)60-29-9-14-36-68(60)77-69-37-15-10-30-61(69)73)66-35-19-33-64-72(66)55-26-5-8-28-58(55)74(64)62-31-11-16-38-70(62)78-71-39-17-12-32-63(71)74/h1-46H. The Morgan fingerprint density at radius 3 is 1.46 bits per heavy atom. The minimum atomic E-state index is -0.524. The van der Waals surface area contributed by atoms with Gasteiger partial charge in [-0.3, -0.25) is 0 Å². The highest BCUT2D eigenvalue weighted by molar-refractivity contribution is 7.99. The van der Waals surface area contributed by atoms with Crippen molar-refractivity contribution in [3.8, 4) is 39.1 Å². The summed E-state index contributed by atoms with van der Waals surface area (Å²) in [5.41, 5.74) is 23.9. The lowest BCUT2D eigenvalue weighted by Gasteiger charge is -2.40. The van der Waals surface area contributed by atoms with Crippen LogP contribution in [0.25, 0.3) is 60.9 Å². The second-order valence-corrected chi connectivity index (χ2v) is 23.2. The van der Waals surface area contributed by atoms with Crippen LogP contribution in [0.15, 0.2) is 299 Å². The van der Waals surface area contributed by atoms with E-state index < -0.39 is 10.8 Å². The van der Waals surface area contributed by atoms with Gasteiger partial charge in [-0.25, -0.2) is 0 Å². The first kappa shape index (κ1) is 44.1. The van der Waals surface area contributed by atoms with E-state index in [2.05, 4.69) is 289 Å². The molecule has 0 atom stereocenters. The Bertz CT molecular complexity index is 4570. The van der Waals surface area contributed by atoms with Crippen LogP contribution in [0.4, 0.5) is 17.1 Å². The van der Waals surface area contributed by atoms with Gasteiger partial charge < -0.3 is 9.47 Å². The van der Waals surface area contributed by atoms with E-state index in [1.807, 2.05) is 23.5 Å². The predicted octanol–water partition coefficient (Wildman–Crippen LogP) is 19.6. The summed E-state index contributed by atoms with van der Waals surface area (Å²) in [6.07, 6.45) is 0. The summed E-state index contributed by atoms with van der Waals surface area (Å²) >= 11 is 3.78. The van der Waals surface area contributed by atoms with Crippen molar-refractivity contribution in [1.82, 2.24) is 4.57 Å². The molecule has 0 N–H and O–H groups in total. The molecule has 0 saturated heterocycles. The van der Waals surface area contributed by atoms with Crippen molar-refractivity contribution >= 4 is 62.4 Å². The van der Waals surface area contributed by atoms with Crippen LogP contribution in [0.5, 0.6) is 0 Å². The van der Waals surface area contributed by atoms with Gasteiger partial charge in [0.05, 0.1) is 27.6 Å². The molecule has 1 aromatic heterocycles. The van der Waals surface area contributed by atoms with Gasteiger partial charge in [0, 0.05) is 53.0 Å². The first-order valence-electron chi connectivity index (χ1n) is 26.9. The van der Waals surface area contributed by atoms with E-state index in [0.717, 1.165) is 33.9 Å². The fourth-order valence-electron chi connectivity index (χ4n) is 14.3. The third-order valence-electron chi connectivity index (χ3n) is 17.3. The normalized spacial score (nSPS) is 14.3. The van der Waals surface area contributed by atoms with Gasteiger partial charge >= 0.3 is 0 Å². The SMILES string of the molecule is c1ccc(-n2c3ccccc3c3ccc(-c4cccc(N(c5ccc6c(c5)-c5ccccc5C65c6ccccc6Sc6ccccc65)c5cccc6c5-c5ccccc5C65c6ccccc6Sc6ccccc65)c4)cc32)cc1. The minimum absolute atomic E-state index is 0.479. The maximum Gasteiger partial charge on any atom is 0.0736 e. The molecule has 364 valence electrons. The van der Waals surface area contributed by atoms with Crippen molar-refractivity contribution in [2.24, 2.45) is 0 Å². The second-order valence-electron chi connectivity index (χ2n) is 21.0. The fraction of sp³-hybridized carbons (Fsp3) is 0.0270. The zero-order chi connectivity index (χ0) is 51.1. The number of para-hydroxylation sites is 2. The molecular formula is C74H46N2S2. The van der Waals surface area contributed by atoms with Crippen molar-refractivity contribution in [2.45, 2.75) is 30.4 Å². The van der Waals surface area contributed by atoms with Gasteiger partial charge in [-0.2, -0.15) is 0 Å². The topological polar surface area (TPSA) is 8.17 Å². The molecule has 2 nitrogen and oxygen atoms in total. The zero-order valence-electron chi connectivity index (χ0n) is 42.3. The number of anilines is 3. The Morgan fingerprint density at radius 1 is 0.295 bits per heavy atom. The van der Waals surface area contributed by atoms with Gasteiger partial charge in [-0.1, -0.05) is 224 Å². The van der Waals surface area contributed by atoms with Crippen LogP contribution < -0.4 is 4.90 Å². The van der Waals surface area contributed by atoms with Crippen molar-refractivity contribution in [3.05, 3.63) is 324 Å². The molecule has 3 heterocycles. The molecule has 0 bridgehead atoms. The number of benzene rings is 12. The summed E-state index contributed by atoms with van der Waals surface area (Å²) in [7, 11) is 0. The minimum Gasteiger partial charge on any atom is -0.310 e. The second kappa shape index (κ2) is 16.7. The highest BCUT2D eigenvalue weighted by atomic mass is 32.2. The zero-order valence-corrected chi connectivity index (χ0v) is 43.9. The molecular weight excluding hydrogens is 981 g/mol. The fourth-order valence-corrected chi connectivity index (χ4v) is 16.7. The van der Waals surface area contributed by atoms with Crippen LogP contribution in [0.3, 0.4) is 0 Å². The van der Waals surface area contributed by atoms with E-state index in [4.69, 9.17) is 0 Å². The maximum absolute atomic E-state index is 2.57. The quantitative estimate of drug-likeness (QED) is 0.170. The Morgan fingerprint density at radius 2 is 0.782 bits per heavy atom. The lowest BCUT2D eigenvalue weighted by molar-refractivity contribution is 0.722. The molecule has 0 saturated carbocycles. The Labute approximate surface area is 461 Å². The van der Waals surface area contributed by atoms with Gasteiger partial charge in [0.15, 0.2) is 0 Å². The molecule has 12 aromatic carbocycles. The summed E-state index contributed by atoms with van der Waals surface area (Å²) < 4.78 is 2.42. The third-order valence-corrected chi connectivity index (χ3v) is 19.6. The molecule has 0 radical (unpaired) electrons. The highest BCUT2D eigenvalue weighted by Gasteiger charge is 2.52. The van der Waals surface area contributed by atoms with E-state index in [9.17, 15) is 0 Å². The van der Waals surface area contributed by atoms with Gasteiger partial charge in [-0.15, -0.1) is 0 Å². The van der Waals surface area contributed by atoms with Gasteiger partial charge in [0.25, 0.3) is 0 Å². The molecule has 2 spiro atoms. The number of rotatable bonds is 5. The van der Waals surface area contributed by atoms with E-state index in [1.54, 1.807) is 0 Å². The smallest absolute Gasteiger partial charge is 0.0736 e. The van der Waals surface area contributed by atoms with Crippen LogP contribution in [0, 0.1) is 0 Å². The van der Waals surface area contributed by atoms with Crippen LogP contribution in [0.1, 0.15) is 44.5 Å². The Kier molecular flexibility index (Phi) is 9.45. The number of aromatic nitrogens is 1. The molecule has 17 rings (SSSR count). The van der Waals surface area contributed by atoms with Gasteiger partial charge in [-0.05, 0) is 151 Å². The summed E-state index contributed by atoms with van der Waals surface area (Å²) in [5, 5.41) is 2.49. The van der Waals surface area contributed by atoms with E-state index >= 15 is 0 Å². The highest BCUT2D eigenvalue weighted by Crippen LogP contribution is 2.66. The summed E-state index contributed by atoms with van der Waals surface area (Å²) in [6.45, 7) is 0. The van der Waals surface area contributed by atoms with E-state index in [-0.39, 0.29) is 0 Å². The largest absolute Gasteiger partial charge is 0.310 e. The van der Waals surface area contributed by atoms with Crippen LogP contribution >= 0.6 is 23.5 Å². The molecule has 78 heavy (non-hydrogen) atoms. The molecule has 4 heteroatoms. The first-order chi connectivity index (χ1) is 38.7. The first-order valence-corrected chi connectivity index (χ1v) is 28.5. The third kappa shape index (κ3) is 5.91. The predicted molar refractivity (Wildman–Crippen MR) is 324 cm³/mol. The molecule has 0 fully saturated rings. The van der Waals surface area contributed by atoms with E-state index in [0.29, 0.717) is 0 Å². The molecule has 0 amide bonds. The summed E-state index contributed by atoms with van der Waals surface area (Å²) in [6, 6.07) is 105. The molecule has 13 aromatic rings. The summed E-state index contributed by atoms with van der Waals surface area (Å²) in [5.74, 6) is 0. The van der Waals surface area contributed by atoms with Crippen molar-refractivity contribution in [2.75, 3.05) is 4.90 Å². The van der Waals surface area contributed by atoms with Crippen molar-refractivity contribution in [1.29, 1.82) is 0 Å². The lowest BCUT2D eigenvalue weighted by atomic mass is 9.67. The number of nitrogens with zero attached hydrogens (tertiary/aromatic N) is 2. The average molecular weight is 1030 g/mol. The molecule has 2 aliphatic carbocycles. The number of hydrogen-bond acceptors (Lipinski definition) is 3. The van der Waals surface area contributed by atoms with Crippen LogP contribution in [0.2, 0.25) is 0 Å². The number of fused-ring (bicyclic) bond motifs is 21. The van der Waals surface area contributed by atoms with Crippen LogP contribution in [-0.2, 0) is 10.8 Å². The average Bonchev–Trinajstić information content (AvgIpc) is 3.54. The molecule has 0 unspecified atom stereocenters. The van der Waals surface area contributed by atoms with Crippen molar-refractivity contribution in [3.63, 3.8) is 0 Å². The lowest BCUT2D eigenvalue weighted by Crippen LogP contribution is -2.32. The van der Waals surface area contributed by atoms with Crippen LogP contribution in [-0.4, -0.2) is 4.57 Å². The van der Waals surface area contributed by atoms with Gasteiger partial charge in [0.2, 0.25) is 0 Å². The van der Waals surface area contributed by atoms with Gasteiger partial charge in [0.1, 0.15) is 0 Å². The Hall–Kier alpha value is -9.06. The molecule has 4 aliphatic rings.